The number of benzene rings is 1. The molecule has 0 radical (unpaired) electrons. The van der Waals surface area contributed by atoms with Crippen LogP contribution in [0, 0.1) is 5.92 Å². The van der Waals surface area contributed by atoms with Gasteiger partial charge in [0.25, 0.3) is 0 Å². The molecule has 0 amide bonds. The van der Waals surface area contributed by atoms with E-state index >= 15 is 0 Å². The van der Waals surface area contributed by atoms with E-state index < -0.39 is 5.60 Å². The van der Waals surface area contributed by atoms with Gasteiger partial charge in [0.2, 0.25) is 5.95 Å². The number of fused-ring (bicyclic) bond motifs is 1. The first kappa shape index (κ1) is 10.2. The molecule has 0 atom stereocenters. The second-order valence-electron chi connectivity index (χ2n) is 5.33. The third-order valence-electron chi connectivity index (χ3n) is 3.90. The van der Waals surface area contributed by atoms with Gasteiger partial charge in [-0.2, -0.15) is 0 Å². The summed E-state index contributed by atoms with van der Waals surface area (Å²) in [5, 5.41) is 18.6. The van der Waals surface area contributed by atoms with E-state index in [1.165, 1.54) is 0 Å². The highest BCUT2D eigenvalue weighted by molar-refractivity contribution is 5.74. The normalized spacial score (nSPS) is 21.9. The van der Waals surface area contributed by atoms with Crippen LogP contribution in [-0.2, 0) is 0 Å². The Balaban J connectivity index is 1.60. The zero-order valence-electron chi connectivity index (χ0n) is 9.95. The van der Waals surface area contributed by atoms with Gasteiger partial charge < -0.3 is 10.0 Å². The number of anilines is 1. The highest BCUT2D eigenvalue weighted by atomic mass is 16.3. The van der Waals surface area contributed by atoms with Crippen LogP contribution >= 0.6 is 0 Å². The Bertz CT molecular complexity index is 605. The average Bonchev–Trinajstić information content (AvgIpc) is 3.19. The minimum absolute atomic E-state index is 0.488. The van der Waals surface area contributed by atoms with Crippen molar-refractivity contribution in [3.63, 3.8) is 0 Å². The van der Waals surface area contributed by atoms with Crippen molar-refractivity contribution in [1.29, 1.82) is 0 Å². The van der Waals surface area contributed by atoms with E-state index in [0.29, 0.717) is 25.0 Å². The highest BCUT2D eigenvalue weighted by Crippen LogP contribution is 2.45. The van der Waals surface area contributed by atoms with Crippen molar-refractivity contribution < 1.29 is 5.11 Å². The second kappa shape index (κ2) is 3.38. The van der Waals surface area contributed by atoms with Crippen LogP contribution in [0.3, 0.4) is 0 Å². The van der Waals surface area contributed by atoms with Gasteiger partial charge in [0.05, 0.1) is 18.6 Å². The molecular formula is C13H14N4O. The maximum Gasteiger partial charge on any atom is 0.246 e. The fourth-order valence-corrected chi connectivity index (χ4v) is 2.64. The first-order valence-corrected chi connectivity index (χ1v) is 6.31. The van der Waals surface area contributed by atoms with Crippen LogP contribution in [0.4, 0.5) is 5.95 Å². The van der Waals surface area contributed by atoms with Gasteiger partial charge in [-0.15, -0.1) is 10.2 Å². The predicted molar refractivity (Wildman–Crippen MR) is 67.2 cm³/mol. The monoisotopic (exact) mass is 242 g/mol. The van der Waals surface area contributed by atoms with Crippen LogP contribution in [0.2, 0.25) is 0 Å². The fourth-order valence-electron chi connectivity index (χ4n) is 2.64. The van der Waals surface area contributed by atoms with Crippen molar-refractivity contribution in [2.45, 2.75) is 18.4 Å². The van der Waals surface area contributed by atoms with Gasteiger partial charge in [-0.05, 0) is 30.9 Å². The van der Waals surface area contributed by atoms with Gasteiger partial charge in [-0.25, -0.2) is 4.98 Å². The Morgan fingerprint density at radius 1 is 1.11 bits per heavy atom. The predicted octanol–water partition coefficient (Wildman–Crippen LogP) is 0.986. The van der Waals surface area contributed by atoms with Crippen LogP contribution in [0.5, 0.6) is 0 Å². The molecule has 5 nitrogen and oxygen atoms in total. The molecule has 0 spiro atoms. The first-order chi connectivity index (χ1) is 8.74. The summed E-state index contributed by atoms with van der Waals surface area (Å²) in [5.41, 5.74) is 1.15. The summed E-state index contributed by atoms with van der Waals surface area (Å²) in [6.07, 6.45) is 2.31. The Morgan fingerprint density at radius 3 is 2.56 bits per heavy atom. The average molecular weight is 242 g/mol. The molecule has 0 bridgehead atoms. The van der Waals surface area contributed by atoms with Gasteiger partial charge in [0.15, 0.2) is 0 Å². The van der Waals surface area contributed by atoms with Crippen molar-refractivity contribution in [1.82, 2.24) is 15.2 Å². The molecule has 1 aliphatic heterocycles. The summed E-state index contributed by atoms with van der Waals surface area (Å²) in [4.78, 5) is 6.48. The first-order valence-electron chi connectivity index (χ1n) is 6.31. The number of aliphatic hydroxyl groups is 1. The Labute approximate surface area is 104 Å². The van der Waals surface area contributed by atoms with Crippen molar-refractivity contribution in [2.24, 2.45) is 5.92 Å². The third-order valence-corrected chi connectivity index (χ3v) is 3.90. The molecule has 1 saturated heterocycles. The van der Waals surface area contributed by atoms with Crippen molar-refractivity contribution in [3.05, 3.63) is 24.3 Å². The lowest BCUT2D eigenvalue weighted by atomic mass is 9.89. The second-order valence-corrected chi connectivity index (χ2v) is 5.33. The van der Waals surface area contributed by atoms with E-state index in [0.717, 1.165) is 23.9 Å². The lowest BCUT2D eigenvalue weighted by Crippen LogP contribution is -2.63. The standard InChI is InChI=1S/C13H14N4O/c18-13(9-5-6-9)7-17(8-13)12-14-10-3-1-2-4-11(10)15-16-12/h1-4,9,18H,5-8H2. The smallest absolute Gasteiger partial charge is 0.246 e. The van der Waals surface area contributed by atoms with Crippen molar-refractivity contribution in [3.8, 4) is 0 Å². The molecule has 1 aromatic carbocycles. The number of aromatic nitrogens is 3. The zero-order valence-corrected chi connectivity index (χ0v) is 9.95. The molecule has 0 unspecified atom stereocenters. The van der Waals surface area contributed by atoms with Gasteiger partial charge in [-0.1, -0.05) is 12.1 Å². The molecule has 2 aliphatic rings. The molecule has 92 valence electrons. The van der Waals surface area contributed by atoms with Crippen LogP contribution < -0.4 is 4.90 Å². The SMILES string of the molecule is OC1(C2CC2)CN(c2nnc3ccccc3n2)C1. The minimum Gasteiger partial charge on any atom is -0.386 e. The molecule has 2 heterocycles. The summed E-state index contributed by atoms with van der Waals surface area (Å²) < 4.78 is 0. The molecule has 5 heteroatoms. The number of nitrogens with zero attached hydrogens (tertiary/aromatic N) is 4. The molecule has 18 heavy (non-hydrogen) atoms. The Morgan fingerprint density at radius 2 is 1.83 bits per heavy atom. The molecule has 2 aromatic rings. The number of para-hydroxylation sites is 1. The number of hydrogen-bond donors (Lipinski definition) is 1. The molecule has 2 fully saturated rings. The summed E-state index contributed by atoms with van der Waals surface area (Å²) >= 11 is 0. The molecule has 4 rings (SSSR count). The maximum absolute atomic E-state index is 10.3. The summed E-state index contributed by atoms with van der Waals surface area (Å²) in [7, 11) is 0. The van der Waals surface area contributed by atoms with Gasteiger partial charge in [0, 0.05) is 0 Å². The molecule has 1 saturated carbocycles. The molecule has 1 aliphatic carbocycles. The Hall–Kier alpha value is -1.75. The maximum atomic E-state index is 10.3. The van der Waals surface area contributed by atoms with E-state index in [9.17, 15) is 5.11 Å². The number of hydrogen-bond acceptors (Lipinski definition) is 5. The number of rotatable bonds is 2. The molecular weight excluding hydrogens is 228 g/mol. The Kier molecular flexibility index (Phi) is 1.92. The van der Waals surface area contributed by atoms with E-state index in [2.05, 4.69) is 15.2 Å². The molecule has 1 aromatic heterocycles. The lowest BCUT2D eigenvalue weighted by molar-refractivity contribution is -0.0103. The van der Waals surface area contributed by atoms with E-state index in [4.69, 9.17) is 0 Å². The molecule has 1 N–H and O–H groups in total. The summed E-state index contributed by atoms with van der Waals surface area (Å²) in [5.74, 6) is 1.11. The highest BCUT2D eigenvalue weighted by Gasteiger charge is 2.52. The summed E-state index contributed by atoms with van der Waals surface area (Å²) in [6.45, 7) is 1.27. The summed E-state index contributed by atoms with van der Waals surface area (Å²) in [6, 6.07) is 7.70. The fraction of sp³-hybridized carbons (Fsp3) is 0.462. The largest absolute Gasteiger partial charge is 0.386 e. The van der Waals surface area contributed by atoms with Crippen molar-refractivity contribution >= 4 is 17.0 Å². The van der Waals surface area contributed by atoms with Crippen molar-refractivity contribution in [2.75, 3.05) is 18.0 Å². The topological polar surface area (TPSA) is 62.1 Å². The zero-order chi connectivity index (χ0) is 12.2. The van der Waals surface area contributed by atoms with Gasteiger partial charge in [-0.3, -0.25) is 0 Å². The van der Waals surface area contributed by atoms with Gasteiger partial charge >= 0.3 is 0 Å². The third kappa shape index (κ3) is 1.47. The quantitative estimate of drug-likeness (QED) is 0.850. The number of β-amino-alcohol motifs (C(OH)–C–C–N with tert-alkyl or cyclic N) is 1. The van der Waals surface area contributed by atoms with Gasteiger partial charge in [0.1, 0.15) is 11.1 Å². The lowest BCUT2D eigenvalue weighted by Gasteiger charge is -2.46. The minimum atomic E-state index is -0.505. The van der Waals surface area contributed by atoms with E-state index in [1.807, 2.05) is 29.2 Å². The van der Waals surface area contributed by atoms with Crippen LogP contribution in [-0.4, -0.2) is 39.0 Å². The van der Waals surface area contributed by atoms with E-state index in [-0.39, 0.29) is 0 Å². The van der Waals surface area contributed by atoms with Crippen LogP contribution in [0.25, 0.3) is 11.0 Å². The van der Waals surface area contributed by atoms with Crippen LogP contribution in [0.1, 0.15) is 12.8 Å². The van der Waals surface area contributed by atoms with E-state index in [1.54, 1.807) is 0 Å². The van der Waals surface area contributed by atoms with Crippen LogP contribution in [0.15, 0.2) is 24.3 Å².